The molecule has 0 spiro atoms. The van der Waals surface area contributed by atoms with E-state index in [1.165, 1.54) is 6.07 Å². The van der Waals surface area contributed by atoms with Gasteiger partial charge in [0.05, 0.1) is 9.99 Å². The van der Waals surface area contributed by atoms with Gasteiger partial charge in [0.1, 0.15) is 16.0 Å². The number of carbonyl (C=O) groups excluding carboxylic acids is 1. The van der Waals surface area contributed by atoms with Gasteiger partial charge in [-0.15, -0.1) is 0 Å². The van der Waals surface area contributed by atoms with Crippen molar-refractivity contribution in [3.63, 3.8) is 0 Å². The molecule has 0 aliphatic rings. The van der Waals surface area contributed by atoms with E-state index in [0.29, 0.717) is 23.3 Å². The fourth-order valence-electron chi connectivity index (χ4n) is 2.46. The third-order valence-electron chi connectivity index (χ3n) is 3.40. The predicted molar refractivity (Wildman–Crippen MR) is 87.9 cm³/mol. The van der Waals surface area contributed by atoms with Gasteiger partial charge in [0, 0.05) is 11.9 Å². The number of nitrogens with zero attached hydrogens (tertiary/aromatic N) is 2. The molecule has 0 atom stereocenters. The lowest BCUT2D eigenvalue weighted by atomic mass is 10.1. The lowest BCUT2D eigenvalue weighted by molar-refractivity contribution is 0.550. The zero-order valence-corrected chi connectivity index (χ0v) is 13.8. The first-order valence-electron chi connectivity index (χ1n) is 6.52. The highest BCUT2D eigenvalue weighted by Gasteiger charge is 2.19. The number of aryl methyl sites for hydroxylation is 1. The summed E-state index contributed by atoms with van der Waals surface area (Å²) >= 11 is 4.03. The summed E-state index contributed by atoms with van der Waals surface area (Å²) in [7, 11) is 0. The Balaban J connectivity index is 2.65. The molecule has 0 aliphatic carbocycles. The summed E-state index contributed by atoms with van der Waals surface area (Å²) in [6.45, 7) is 2.50. The van der Waals surface area contributed by atoms with E-state index in [-0.39, 0.29) is 15.2 Å². The molecule has 2 aromatic heterocycles. The molecular weight excluding hydrogens is 375 g/mol. The van der Waals surface area contributed by atoms with Crippen LogP contribution in [-0.4, -0.2) is 14.9 Å². The van der Waals surface area contributed by atoms with E-state index in [9.17, 15) is 18.8 Å². The summed E-state index contributed by atoms with van der Waals surface area (Å²) in [5.74, 6) is -0.571. The van der Waals surface area contributed by atoms with E-state index in [1.807, 2.05) is 6.92 Å². The van der Waals surface area contributed by atoms with Gasteiger partial charge in [-0.1, -0.05) is 6.92 Å². The van der Waals surface area contributed by atoms with E-state index in [1.54, 1.807) is 4.57 Å². The smallest absolute Gasteiger partial charge is 0.280 e. The van der Waals surface area contributed by atoms with Crippen LogP contribution in [0.5, 0.6) is 0 Å². The summed E-state index contributed by atoms with van der Waals surface area (Å²) in [5, 5.41) is 0.0642. The molecule has 2 heterocycles. The second kappa shape index (κ2) is 5.44. The molecule has 0 fully saturated rings. The van der Waals surface area contributed by atoms with Crippen molar-refractivity contribution in [2.45, 2.75) is 19.9 Å². The topological polar surface area (TPSA) is 61.1 Å². The summed E-state index contributed by atoms with van der Waals surface area (Å²) in [6, 6.07) is 2.65. The highest BCUT2D eigenvalue weighted by Crippen LogP contribution is 2.26. The summed E-state index contributed by atoms with van der Waals surface area (Å²) < 4.78 is 16.7. The first-order valence-corrected chi connectivity index (χ1v) is 8.08. The van der Waals surface area contributed by atoms with Gasteiger partial charge in [0.15, 0.2) is 0 Å². The largest absolute Gasteiger partial charge is 0.331 e. The van der Waals surface area contributed by atoms with Crippen LogP contribution >= 0.6 is 27.5 Å². The summed E-state index contributed by atoms with van der Waals surface area (Å²) in [6.07, 6.45) is 1.14. The number of carbonyl (C=O) groups is 1. The quantitative estimate of drug-likeness (QED) is 0.652. The lowest BCUT2D eigenvalue weighted by Gasteiger charge is -2.11. The minimum absolute atomic E-state index is 0.0697. The fourth-order valence-corrected chi connectivity index (χ4v) is 3.76. The highest BCUT2D eigenvalue weighted by atomic mass is 79.9. The molecule has 5 nitrogen and oxygen atoms in total. The molecule has 0 radical (unpaired) electrons. The SMILES string of the molecule is CCCn1c2cc(Br)c(F)cc2c(=O)c2c(=O)n(C=O)sc21. The Kier molecular flexibility index (Phi) is 3.73. The monoisotopic (exact) mass is 384 g/mol. The molecule has 0 unspecified atom stereocenters. The molecule has 0 aliphatic heterocycles. The lowest BCUT2D eigenvalue weighted by Crippen LogP contribution is -2.19. The number of benzene rings is 1. The average Bonchev–Trinajstić information content (AvgIpc) is 2.82. The van der Waals surface area contributed by atoms with E-state index in [2.05, 4.69) is 15.9 Å². The zero-order chi connectivity index (χ0) is 16.0. The Labute approximate surface area is 135 Å². The second-order valence-corrected chi connectivity index (χ2v) is 6.59. The molecule has 3 rings (SSSR count). The predicted octanol–water partition coefficient (Wildman–Crippen LogP) is 2.73. The number of pyridine rings is 1. The van der Waals surface area contributed by atoms with Gasteiger partial charge < -0.3 is 4.57 Å². The van der Waals surface area contributed by atoms with Gasteiger partial charge in [-0.2, -0.15) is 3.96 Å². The third kappa shape index (κ3) is 2.05. The maximum absolute atomic E-state index is 13.8. The van der Waals surface area contributed by atoms with Crippen LogP contribution in [0, 0.1) is 5.82 Å². The van der Waals surface area contributed by atoms with Crippen LogP contribution in [0.15, 0.2) is 26.2 Å². The van der Waals surface area contributed by atoms with Crippen molar-refractivity contribution >= 4 is 55.0 Å². The molecule has 0 bridgehead atoms. The molecule has 0 saturated heterocycles. The number of fused-ring (bicyclic) bond motifs is 2. The van der Waals surface area contributed by atoms with Crippen LogP contribution in [0.4, 0.5) is 4.39 Å². The molecule has 114 valence electrons. The van der Waals surface area contributed by atoms with Gasteiger partial charge >= 0.3 is 0 Å². The van der Waals surface area contributed by atoms with Crippen LogP contribution in [0.1, 0.15) is 13.3 Å². The Morgan fingerprint density at radius 3 is 2.73 bits per heavy atom. The maximum atomic E-state index is 13.8. The van der Waals surface area contributed by atoms with Crippen molar-refractivity contribution in [3.8, 4) is 0 Å². The van der Waals surface area contributed by atoms with Crippen LogP contribution < -0.4 is 11.0 Å². The van der Waals surface area contributed by atoms with Crippen molar-refractivity contribution in [1.82, 2.24) is 8.52 Å². The summed E-state index contributed by atoms with van der Waals surface area (Å²) in [5.41, 5.74) is -0.674. The standard InChI is InChI=1S/C14H10BrFN2O3S/c1-2-3-17-10-5-8(15)9(16)4-7(10)12(20)11-13(21)18(6-19)22-14(11)17/h4-6H,2-3H2,1H3. The third-order valence-corrected chi connectivity index (χ3v) is 5.06. The van der Waals surface area contributed by atoms with E-state index in [4.69, 9.17) is 0 Å². The van der Waals surface area contributed by atoms with Gasteiger partial charge in [-0.3, -0.25) is 14.4 Å². The normalized spacial score (nSPS) is 11.4. The average molecular weight is 385 g/mol. The van der Waals surface area contributed by atoms with Crippen LogP contribution in [-0.2, 0) is 11.3 Å². The molecule has 0 amide bonds. The summed E-state index contributed by atoms with van der Waals surface area (Å²) in [4.78, 5) is 36.1. The molecule has 22 heavy (non-hydrogen) atoms. The van der Waals surface area contributed by atoms with Crippen molar-refractivity contribution in [3.05, 3.63) is 43.0 Å². The van der Waals surface area contributed by atoms with Crippen LogP contribution in [0.2, 0.25) is 0 Å². The van der Waals surface area contributed by atoms with Gasteiger partial charge in [0.25, 0.3) is 5.56 Å². The van der Waals surface area contributed by atoms with Crippen LogP contribution in [0.3, 0.4) is 0 Å². The van der Waals surface area contributed by atoms with Crippen molar-refractivity contribution in [1.29, 1.82) is 0 Å². The number of halogens is 2. The second-order valence-electron chi connectivity index (χ2n) is 4.77. The minimum atomic E-state index is -0.657. The molecule has 1 aromatic carbocycles. The number of aromatic nitrogens is 2. The highest BCUT2D eigenvalue weighted by molar-refractivity contribution is 9.10. The first-order chi connectivity index (χ1) is 10.5. The first kappa shape index (κ1) is 15.1. The minimum Gasteiger partial charge on any atom is -0.331 e. The van der Waals surface area contributed by atoms with Crippen LogP contribution in [0.25, 0.3) is 21.1 Å². The molecular formula is C14H10BrFN2O3S. The van der Waals surface area contributed by atoms with Gasteiger partial charge in [-0.05, 0) is 46.0 Å². The molecule has 3 aromatic rings. The van der Waals surface area contributed by atoms with E-state index >= 15 is 0 Å². The number of hydrogen-bond acceptors (Lipinski definition) is 4. The Bertz CT molecular complexity index is 1030. The molecule has 0 N–H and O–H groups in total. The van der Waals surface area contributed by atoms with Gasteiger partial charge in [-0.25, -0.2) is 4.39 Å². The van der Waals surface area contributed by atoms with Crippen molar-refractivity contribution in [2.75, 3.05) is 0 Å². The maximum Gasteiger partial charge on any atom is 0.280 e. The van der Waals surface area contributed by atoms with Gasteiger partial charge in [0.2, 0.25) is 11.8 Å². The molecule has 8 heteroatoms. The number of rotatable bonds is 3. The Morgan fingerprint density at radius 2 is 2.09 bits per heavy atom. The molecule has 0 saturated carbocycles. The van der Waals surface area contributed by atoms with E-state index < -0.39 is 16.8 Å². The van der Waals surface area contributed by atoms with E-state index in [0.717, 1.165) is 28.0 Å². The Morgan fingerprint density at radius 1 is 1.36 bits per heavy atom. The zero-order valence-electron chi connectivity index (χ0n) is 11.4. The van der Waals surface area contributed by atoms with Crippen molar-refractivity contribution < 1.29 is 9.18 Å². The Hall–Kier alpha value is -1.80. The fraction of sp³-hybridized carbons (Fsp3) is 0.214. The number of hydrogen-bond donors (Lipinski definition) is 0. The van der Waals surface area contributed by atoms with Crippen molar-refractivity contribution in [2.24, 2.45) is 0 Å².